The molecule has 1 heterocycles. The van der Waals surface area contributed by atoms with Crippen molar-refractivity contribution in [3.05, 3.63) is 0 Å². The number of carbonyl (C=O) groups excluding carboxylic acids is 3. The quantitative estimate of drug-likeness (QED) is 0.543. The standard InChI is InChI=1S/C7H10N2O3/c1-4-3-9(5(2)10)7(12)8-6(4)11/h4H,3H2,1-2H3,(H,8,11,12). The van der Waals surface area contributed by atoms with E-state index in [-0.39, 0.29) is 24.3 Å². The minimum atomic E-state index is -0.620. The van der Waals surface area contributed by atoms with E-state index in [1.807, 2.05) is 0 Å². The van der Waals surface area contributed by atoms with Crippen molar-refractivity contribution < 1.29 is 14.4 Å². The van der Waals surface area contributed by atoms with E-state index in [1.165, 1.54) is 6.92 Å². The van der Waals surface area contributed by atoms with Crippen molar-refractivity contribution >= 4 is 17.8 Å². The largest absolute Gasteiger partial charge is 0.330 e. The van der Waals surface area contributed by atoms with Crippen LogP contribution in [-0.2, 0) is 9.59 Å². The number of amides is 4. The summed E-state index contributed by atoms with van der Waals surface area (Å²) in [7, 11) is 0. The average molecular weight is 170 g/mol. The molecule has 0 aromatic rings. The molecular formula is C7H10N2O3. The maximum absolute atomic E-state index is 11.0. The molecule has 1 aliphatic heterocycles. The number of nitrogens with zero attached hydrogens (tertiary/aromatic N) is 1. The summed E-state index contributed by atoms with van der Waals surface area (Å²) in [4.78, 5) is 33.7. The molecule has 0 saturated carbocycles. The summed E-state index contributed by atoms with van der Waals surface area (Å²) >= 11 is 0. The Hall–Kier alpha value is -1.39. The number of hydrogen-bond donors (Lipinski definition) is 1. The zero-order valence-corrected chi connectivity index (χ0v) is 6.96. The summed E-state index contributed by atoms with van der Waals surface area (Å²) < 4.78 is 0. The van der Waals surface area contributed by atoms with Gasteiger partial charge in [0.1, 0.15) is 0 Å². The molecule has 0 aliphatic carbocycles. The molecule has 66 valence electrons. The summed E-state index contributed by atoms with van der Waals surface area (Å²) in [6.45, 7) is 3.14. The third-order valence-corrected chi connectivity index (χ3v) is 1.76. The van der Waals surface area contributed by atoms with Gasteiger partial charge in [-0.15, -0.1) is 0 Å². The lowest BCUT2D eigenvalue weighted by molar-refractivity contribution is -0.131. The predicted molar refractivity (Wildman–Crippen MR) is 40.1 cm³/mol. The van der Waals surface area contributed by atoms with Gasteiger partial charge in [-0.2, -0.15) is 0 Å². The normalized spacial score (nSPS) is 23.8. The van der Waals surface area contributed by atoms with Crippen LogP contribution < -0.4 is 5.32 Å². The first-order chi connectivity index (χ1) is 5.52. The highest BCUT2D eigenvalue weighted by molar-refractivity contribution is 6.04. The van der Waals surface area contributed by atoms with E-state index < -0.39 is 6.03 Å². The molecule has 0 aromatic heterocycles. The van der Waals surface area contributed by atoms with Crippen molar-refractivity contribution in [1.82, 2.24) is 10.2 Å². The molecule has 1 N–H and O–H groups in total. The number of hydrogen-bond acceptors (Lipinski definition) is 3. The topological polar surface area (TPSA) is 66.5 Å². The van der Waals surface area contributed by atoms with E-state index in [1.54, 1.807) is 6.92 Å². The molecule has 4 amide bonds. The van der Waals surface area contributed by atoms with Crippen LogP contribution in [0.15, 0.2) is 0 Å². The highest BCUT2D eigenvalue weighted by Gasteiger charge is 2.31. The highest BCUT2D eigenvalue weighted by Crippen LogP contribution is 2.06. The van der Waals surface area contributed by atoms with Gasteiger partial charge in [0, 0.05) is 13.5 Å². The zero-order valence-electron chi connectivity index (χ0n) is 6.96. The molecule has 1 fully saturated rings. The zero-order chi connectivity index (χ0) is 9.30. The van der Waals surface area contributed by atoms with Gasteiger partial charge in [-0.25, -0.2) is 4.79 Å². The van der Waals surface area contributed by atoms with Crippen LogP contribution >= 0.6 is 0 Å². The van der Waals surface area contributed by atoms with Crippen LogP contribution in [0.5, 0.6) is 0 Å². The minimum absolute atomic E-state index is 0.181. The number of imide groups is 2. The van der Waals surface area contributed by atoms with E-state index in [0.717, 1.165) is 4.90 Å². The lowest BCUT2D eigenvalue weighted by Gasteiger charge is -2.27. The Bertz CT molecular complexity index is 249. The van der Waals surface area contributed by atoms with Crippen molar-refractivity contribution in [2.24, 2.45) is 5.92 Å². The van der Waals surface area contributed by atoms with Gasteiger partial charge in [0.15, 0.2) is 0 Å². The fourth-order valence-corrected chi connectivity index (χ4v) is 1.01. The summed E-state index contributed by atoms with van der Waals surface area (Å²) in [6.07, 6.45) is 0. The Morgan fingerprint density at radius 3 is 2.67 bits per heavy atom. The number of carbonyl (C=O) groups is 3. The fraction of sp³-hybridized carbons (Fsp3) is 0.571. The van der Waals surface area contributed by atoms with Crippen molar-refractivity contribution in [3.8, 4) is 0 Å². The van der Waals surface area contributed by atoms with Crippen LogP contribution in [0.25, 0.3) is 0 Å². The number of urea groups is 1. The Labute approximate surface area is 69.7 Å². The SMILES string of the molecule is CC(=O)N1CC(C)C(=O)NC1=O. The Morgan fingerprint density at radius 1 is 1.58 bits per heavy atom. The van der Waals surface area contributed by atoms with Gasteiger partial charge in [0.25, 0.3) is 0 Å². The smallest absolute Gasteiger partial charge is 0.277 e. The van der Waals surface area contributed by atoms with Crippen molar-refractivity contribution in [2.45, 2.75) is 13.8 Å². The van der Waals surface area contributed by atoms with Crippen molar-refractivity contribution in [1.29, 1.82) is 0 Å². The Morgan fingerprint density at radius 2 is 2.17 bits per heavy atom. The molecule has 5 heteroatoms. The van der Waals surface area contributed by atoms with Gasteiger partial charge in [-0.3, -0.25) is 19.8 Å². The third kappa shape index (κ3) is 1.44. The van der Waals surface area contributed by atoms with Crippen LogP contribution in [-0.4, -0.2) is 29.3 Å². The summed E-state index contributed by atoms with van der Waals surface area (Å²) in [5.74, 6) is -0.976. The molecule has 1 atom stereocenters. The van der Waals surface area contributed by atoms with Crippen LogP contribution in [0.4, 0.5) is 4.79 Å². The second-order valence-corrected chi connectivity index (χ2v) is 2.83. The first kappa shape index (κ1) is 8.70. The molecule has 0 radical (unpaired) electrons. The lowest BCUT2D eigenvalue weighted by Crippen LogP contribution is -2.55. The van der Waals surface area contributed by atoms with Crippen LogP contribution in [0.3, 0.4) is 0 Å². The first-order valence-corrected chi connectivity index (χ1v) is 3.65. The number of rotatable bonds is 0. The van der Waals surface area contributed by atoms with Gasteiger partial charge >= 0.3 is 6.03 Å². The molecule has 0 aromatic carbocycles. The lowest BCUT2D eigenvalue weighted by atomic mass is 10.1. The van der Waals surface area contributed by atoms with Crippen molar-refractivity contribution in [3.63, 3.8) is 0 Å². The van der Waals surface area contributed by atoms with Gasteiger partial charge in [0.05, 0.1) is 5.92 Å². The predicted octanol–water partition coefficient (Wildman–Crippen LogP) is -0.279. The van der Waals surface area contributed by atoms with E-state index >= 15 is 0 Å². The van der Waals surface area contributed by atoms with Crippen LogP contribution in [0.2, 0.25) is 0 Å². The fourth-order valence-electron chi connectivity index (χ4n) is 1.01. The maximum Gasteiger partial charge on any atom is 0.330 e. The summed E-state index contributed by atoms with van der Waals surface area (Å²) in [5, 5.41) is 2.09. The van der Waals surface area contributed by atoms with Crippen molar-refractivity contribution in [2.75, 3.05) is 6.54 Å². The summed E-state index contributed by atoms with van der Waals surface area (Å²) in [6, 6.07) is -0.620. The molecular weight excluding hydrogens is 160 g/mol. The van der Waals surface area contributed by atoms with Crippen LogP contribution in [0, 0.1) is 5.92 Å². The van der Waals surface area contributed by atoms with E-state index in [4.69, 9.17) is 0 Å². The Kier molecular flexibility index (Phi) is 2.12. The third-order valence-electron chi connectivity index (χ3n) is 1.76. The Balaban J connectivity index is 2.74. The first-order valence-electron chi connectivity index (χ1n) is 3.65. The molecule has 1 rings (SSSR count). The van der Waals surface area contributed by atoms with E-state index in [9.17, 15) is 14.4 Å². The molecule has 1 aliphatic rings. The maximum atomic E-state index is 11.0. The summed E-state index contributed by atoms with van der Waals surface area (Å²) in [5.41, 5.74) is 0. The average Bonchev–Trinajstić information content (AvgIpc) is 1.96. The molecule has 12 heavy (non-hydrogen) atoms. The number of nitrogens with one attached hydrogen (secondary N) is 1. The monoisotopic (exact) mass is 170 g/mol. The van der Waals surface area contributed by atoms with Gasteiger partial charge in [-0.05, 0) is 0 Å². The highest BCUT2D eigenvalue weighted by atomic mass is 16.2. The molecule has 1 unspecified atom stereocenters. The minimum Gasteiger partial charge on any atom is -0.277 e. The van der Waals surface area contributed by atoms with Gasteiger partial charge < -0.3 is 0 Å². The molecule has 1 saturated heterocycles. The second kappa shape index (κ2) is 2.92. The van der Waals surface area contributed by atoms with Crippen LogP contribution in [0.1, 0.15) is 13.8 Å². The second-order valence-electron chi connectivity index (χ2n) is 2.83. The van der Waals surface area contributed by atoms with Gasteiger partial charge in [0.2, 0.25) is 11.8 Å². The van der Waals surface area contributed by atoms with E-state index in [2.05, 4.69) is 5.32 Å². The van der Waals surface area contributed by atoms with E-state index in [0.29, 0.717) is 0 Å². The molecule has 0 bridgehead atoms. The molecule has 0 spiro atoms. The molecule has 5 nitrogen and oxygen atoms in total. The van der Waals surface area contributed by atoms with Gasteiger partial charge in [-0.1, -0.05) is 6.92 Å².